The normalized spacial score (nSPS) is 11.1. The fraction of sp³-hybridized carbons (Fsp3) is 0. The highest BCUT2D eigenvalue weighted by molar-refractivity contribution is 6.11. The second kappa shape index (κ2) is 9.88. The number of H-pyrrole nitrogens is 1. The zero-order valence-corrected chi connectivity index (χ0v) is 21.4. The lowest BCUT2D eigenvalue weighted by Gasteiger charge is -2.25. The van der Waals surface area contributed by atoms with Crippen LogP contribution in [-0.4, -0.2) is 4.98 Å². The van der Waals surface area contributed by atoms with Gasteiger partial charge in [0.2, 0.25) is 0 Å². The first-order valence-corrected chi connectivity index (χ1v) is 13.2. The Bertz CT molecular complexity index is 1810. The van der Waals surface area contributed by atoms with E-state index >= 15 is 0 Å². The fourth-order valence-corrected chi connectivity index (χ4v) is 5.28. The van der Waals surface area contributed by atoms with Crippen molar-refractivity contribution in [1.29, 1.82) is 0 Å². The van der Waals surface area contributed by atoms with Gasteiger partial charge in [-0.05, 0) is 71.8 Å². The highest BCUT2D eigenvalue weighted by Crippen LogP contribution is 2.36. The first-order valence-electron chi connectivity index (χ1n) is 13.2. The smallest absolute Gasteiger partial charge is 0.0704 e. The van der Waals surface area contributed by atoms with Crippen LogP contribution in [0, 0.1) is 0 Å². The van der Waals surface area contributed by atoms with Gasteiger partial charge in [0.1, 0.15) is 0 Å². The number of hydrogen-bond donors (Lipinski definition) is 2. The van der Waals surface area contributed by atoms with Gasteiger partial charge in [-0.3, -0.25) is 0 Å². The van der Waals surface area contributed by atoms with Gasteiger partial charge in [-0.1, -0.05) is 91.0 Å². The molecule has 0 radical (unpaired) electrons. The van der Waals surface area contributed by atoms with Gasteiger partial charge in [0.25, 0.3) is 0 Å². The molecule has 6 aromatic carbocycles. The molecule has 1 aromatic heterocycles. The van der Waals surface area contributed by atoms with Gasteiger partial charge in [-0.2, -0.15) is 0 Å². The van der Waals surface area contributed by atoms with Crippen LogP contribution in [0.5, 0.6) is 0 Å². The predicted molar refractivity (Wildman–Crippen MR) is 166 cm³/mol. The van der Waals surface area contributed by atoms with Crippen molar-refractivity contribution in [3.05, 3.63) is 152 Å². The number of nitrogens with one attached hydrogen (secondary N) is 2. The van der Waals surface area contributed by atoms with Crippen LogP contribution in [0.15, 0.2) is 152 Å². The van der Waals surface area contributed by atoms with Crippen LogP contribution in [0.4, 0.5) is 28.4 Å². The predicted octanol–water partition coefficient (Wildman–Crippen LogP) is 10.2. The van der Waals surface area contributed by atoms with Crippen LogP contribution in [-0.2, 0) is 0 Å². The summed E-state index contributed by atoms with van der Waals surface area (Å²) in [5.41, 5.74) is 10.2. The largest absolute Gasteiger partial charge is 0.354 e. The molecule has 0 atom stereocenters. The average Bonchev–Trinajstić information content (AvgIpc) is 3.39. The molecule has 0 amide bonds. The van der Waals surface area contributed by atoms with Crippen molar-refractivity contribution in [3.63, 3.8) is 0 Å². The van der Waals surface area contributed by atoms with E-state index in [-0.39, 0.29) is 0 Å². The molecule has 0 bridgehead atoms. The second-order valence-electron chi connectivity index (χ2n) is 9.65. The summed E-state index contributed by atoms with van der Waals surface area (Å²) in [5.74, 6) is 0. The monoisotopic (exact) mass is 501 g/mol. The van der Waals surface area contributed by atoms with E-state index in [9.17, 15) is 0 Å². The topological polar surface area (TPSA) is 31.1 Å². The van der Waals surface area contributed by atoms with E-state index in [1.165, 1.54) is 21.9 Å². The number of nitrogens with zero attached hydrogens (tertiary/aromatic N) is 1. The molecule has 2 N–H and O–H groups in total. The molecule has 7 aromatic rings. The molecule has 0 aliphatic carbocycles. The molecule has 0 aliphatic rings. The third-order valence-electron chi connectivity index (χ3n) is 7.19. The van der Waals surface area contributed by atoms with Crippen molar-refractivity contribution >= 4 is 50.2 Å². The Morgan fingerprint density at radius 2 is 0.974 bits per heavy atom. The molecular weight excluding hydrogens is 474 g/mol. The van der Waals surface area contributed by atoms with E-state index in [2.05, 4.69) is 167 Å². The van der Waals surface area contributed by atoms with Crippen LogP contribution >= 0.6 is 0 Å². The lowest BCUT2D eigenvalue weighted by atomic mass is 10.0. The minimum atomic E-state index is 1.06. The summed E-state index contributed by atoms with van der Waals surface area (Å²) >= 11 is 0. The molecule has 0 aliphatic heterocycles. The van der Waals surface area contributed by atoms with Crippen molar-refractivity contribution in [1.82, 2.24) is 4.98 Å². The molecule has 3 nitrogen and oxygen atoms in total. The third-order valence-corrected chi connectivity index (χ3v) is 7.19. The van der Waals surface area contributed by atoms with E-state index in [0.29, 0.717) is 0 Å². The quantitative estimate of drug-likeness (QED) is 0.237. The number of rotatable bonds is 6. The van der Waals surface area contributed by atoms with Crippen LogP contribution in [0.3, 0.4) is 0 Å². The van der Waals surface area contributed by atoms with E-state index < -0.39 is 0 Å². The van der Waals surface area contributed by atoms with Gasteiger partial charge in [0, 0.05) is 39.0 Å². The SMILES string of the molecule is c1ccc(N(c2ccccc2)c2ccc(-c3ccc(Nc4cccc5c4[nH]c4ccccc45)cc3)cc2)cc1. The van der Waals surface area contributed by atoms with Gasteiger partial charge in [0.15, 0.2) is 0 Å². The van der Waals surface area contributed by atoms with Gasteiger partial charge >= 0.3 is 0 Å². The first kappa shape index (κ1) is 22.9. The summed E-state index contributed by atoms with van der Waals surface area (Å²) in [6.45, 7) is 0. The Labute approximate surface area is 228 Å². The highest BCUT2D eigenvalue weighted by Gasteiger charge is 2.12. The zero-order chi connectivity index (χ0) is 26.0. The Balaban J connectivity index is 1.15. The Kier molecular flexibility index (Phi) is 5.80. The molecule has 0 fully saturated rings. The first-order chi connectivity index (χ1) is 19.3. The fourth-order valence-electron chi connectivity index (χ4n) is 5.28. The number of para-hydroxylation sites is 4. The molecular formula is C36H27N3. The van der Waals surface area contributed by atoms with Crippen molar-refractivity contribution in [2.45, 2.75) is 0 Å². The molecule has 1 heterocycles. The van der Waals surface area contributed by atoms with Crippen LogP contribution < -0.4 is 10.2 Å². The van der Waals surface area contributed by atoms with Crippen LogP contribution in [0.25, 0.3) is 32.9 Å². The third kappa shape index (κ3) is 4.41. The molecule has 3 heteroatoms. The van der Waals surface area contributed by atoms with Crippen LogP contribution in [0.1, 0.15) is 0 Å². The van der Waals surface area contributed by atoms with Gasteiger partial charge in [0.05, 0.1) is 11.2 Å². The van der Waals surface area contributed by atoms with E-state index in [1.54, 1.807) is 0 Å². The molecule has 186 valence electrons. The maximum Gasteiger partial charge on any atom is 0.0704 e. The standard InChI is InChI=1S/C36H27N3/c1-3-10-29(11-4-1)39(30-12-5-2-6-13-30)31-24-20-27(21-25-31)26-18-22-28(23-19-26)37-35-17-9-15-33-32-14-7-8-16-34(32)38-36(33)35/h1-25,37-38H. The van der Waals surface area contributed by atoms with E-state index in [0.717, 1.165) is 39.5 Å². The summed E-state index contributed by atoms with van der Waals surface area (Å²) < 4.78 is 0. The molecule has 0 saturated carbocycles. The summed E-state index contributed by atoms with van der Waals surface area (Å²) in [6.07, 6.45) is 0. The summed E-state index contributed by atoms with van der Waals surface area (Å²) in [4.78, 5) is 5.85. The Morgan fingerprint density at radius 3 is 1.64 bits per heavy atom. The lowest BCUT2D eigenvalue weighted by Crippen LogP contribution is -2.09. The maximum absolute atomic E-state index is 3.61. The van der Waals surface area contributed by atoms with E-state index in [4.69, 9.17) is 0 Å². The number of aromatic nitrogens is 1. The maximum atomic E-state index is 3.61. The lowest BCUT2D eigenvalue weighted by molar-refractivity contribution is 1.28. The number of aromatic amines is 1. The number of fused-ring (bicyclic) bond motifs is 3. The molecule has 39 heavy (non-hydrogen) atoms. The van der Waals surface area contributed by atoms with Gasteiger partial charge in [-0.15, -0.1) is 0 Å². The molecule has 0 spiro atoms. The summed E-state index contributed by atoms with van der Waals surface area (Å²) in [7, 11) is 0. The van der Waals surface area contributed by atoms with Gasteiger partial charge < -0.3 is 15.2 Å². The zero-order valence-electron chi connectivity index (χ0n) is 21.4. The second-order valence-corrected chi connectivity index (χ2v) is 9.65. The minimum Gasteiger partial charge on any atom is -0.354 e. The molecule has 0 saturated heterocycles. The Hall–Kier alpha value is -5.28. The molecule has 7 rings (SSSR count). The minimum absolute atomic E-state index is 1.06. The summed E-state index contributed by atoms with van der Waals surface area (Å²) in [5, 5.41) is 6.08. The van der Waals surface area contributed by atoms with Crippen LogP contribution in [0.2, 0.25) is 0 Å². The van der Waals surface area contributed by atoms with Crippen molar-refractivity contribution in [2.24, 2.45) is 0 Å². The van der Waals surface area contributed by atoms with Gasteiger partial charge in [-0.25, -0.2) is 0 Å². The summed E-state index contributed by atoms with van der Waals surface area (Å²) in [6, 6.07) is 53.2. The number of benzene rings is 6. The van der Waals surface area contributed by atoms with Crippen molar-refractivity contribution in [2.75, 3.05) is 10.2 Å². The van der Waals surface area contributed by atoms with E-state index in [1.807, 2.05) is 0 Å². The average molecular weight is 502 g/mol. The van der Waals surface area contributed by atoms with Crippen molar-refractivity contribution in [3.8, 4) is 11.1 Å². The van der Waals surface area contributed by atoms with Crippen molar-refractivity contribution < 1.29 is 0 Å². The Morgan fingerprint density at radius 1 is 0.436 bits per heavy atom. The molecule has 0 unspecified atom stereocenters. The number of anilines is 5. The highest BCUT2D eigenvalue weighted by atomic mass is 15.1. The number of hydrogen-bond acceptors (Lipinski definition) is 2.